The van der Waals surface area contributed by atoms with Crippen molar-refractivity contribution in [3.05, 3.63) is 0 Å². The summed E-state index contributed by atoms with van der Waals surface area (Å²) in [6, 6.07) is -0.190. The van der Waals surface area contributed by atoms with Crippen LogP contribution in [0.5, 0.6) is 0 Å². The van der Waals surface area contributed by atoms with Gasteiger partial charge in [0.1, 0.15) is 5.60 Å². The molecule has 16 heavy (non-hydrogen) atoms. The van der Waals surface area contributed by atoms with Crippen molar-refractivity contribution in [3.8, 4) is 0 Å². The van der Waals surface area contributed by atoms with E-state index in [1.165, 1.54) is 0 Å². The Kier molecular flexibility index (Phi) is 3.97. The first-order valence-corrected chi connectivity index (χ1v) is 5.84. The van der Waals surface area contributed by atoms with Gasteiger partial charge in [-0.3, -0.25) is 0 Å². The lowest BCUT2D eigenvalue weighted by Gasteiger charge is -2.26. The van der Waals surface area contributed by atoms with Crippen molar-refractivity contribution in [1.82, 2.24) is 5.32 Å². The van der Waals surface area contributed by atoms with Gasteiger partial charge in [-0.2, -0.15) is 0 Å². The first kappa shape index (κ1) is 13.5. The number of hydrogen-bond donors (Lipinski definition) is 2. The summed E-state index contributed by atoms with van der Waals surface area (Å²) in [5, 5.41) is 12.9. The highest BCUT2D eigenvalue weighted by Gasteiger charge is 2.44. The molecule has 0 aromatic heterocycles. The lowest BCUT2D eigenvalue weighted by atomic mass is 10.0. The molecule has 0 spiro atoms. The summed E-state index contributed by atoms with van der Waals surface area (Å²) in [4.78, 5) is 11.7. The minimum Gasteiger partial charge on any atom is -0.458 e. The van der Waals surface area contributed by atoms with Crippen molar-refractivity contribution >= 4 is 5.97 Å². The second-order valence-corrected chi connectivity index (χ2v) is 5.67. The Morgan fingerprint density at radius 2 is 2.00 bits per heavy atom. The molecule has 0 amide bonds. The van der Waals surface area contributed by atoms with E-state index in [9.17, 15) is 9.90 Å². The highest BCUT2D eigenvalue weighted by molar-refractivity contribution is 5.75. The SMILES string of the molecule is CNC(C(O)C(=O)OC(C)(C)C)C1CC1C. The van der Waals surface area contributed by atoms with Gasteiger partial charge in [0.15, 0.2) is 6.10 Å². The Bertz CT molecular complexity index is 259. The number of aliphatic hydroxyl groups excluding tert-OH is 1. The lowest BCUT2D eigenvalue weighted by molar-refractivity contribution is -0.167. The van der Waals surface area contributed by atoms with E-state index in [4.69, 9.17) is 4.74 Å². The van der Waals surface area contributed by atoms with E-state index in [-0.39, 0.29) is 6.04 Å². The summed E-state index contributed by atoms with van der Waals surface area (Å²) in [5.41, 5.74) is -0.550. The maximum Gasteiger partial charge on any atom is 0.337 e. The maximum absolute atomic E-state index is 11.7. The summed E-state index contributed by atoms with van der Waals surface area (Å²) in [7, 11) is 1.77. The standard InChI is InChI=1S/C12H23NO3/c1-7-6-8(7)9(13-5)10(14)11(15)16-12(2,3)4/h7-10,13-14H,6H2,1-5H3. The summed E-state index contributed by atoms with van der Waals surface area (Å²) in [6.07, 6.45) is -0.00933. The van der Waals surface area contributed by atoms with Crippen LogP contribution in [0.4, 0.5) is 0 Å². The van der Waals surface area contributed by atoms with Crippen molar-refractivity contribution in [1.29, 1.82) is 0 Å². The zero-order valence-corrected chi connectivity index (χ0v) is 10.8. The van der Waals surface area contributed by atoms with Gasteiger partial charge in [-0.15, -0.1) is 0 Å². The fraction of sp³-hybridized carbons (Fsp3) is 0.917. The molecule has 0 aromatic carbocycles. The number of hydrogen-bond acceptors (Lipinski definition) is 4. The van der Waals surface area contributed by atoms with E-state index in [1.54, 1.807) is 27.8 Å². The van der Waals surface area contributed by atoms with Gasteiger partial charge in [0.25, 0.3) is 0 Å². The third kappa shape index (κ3) is 3.46. The molecule has 4 heteroatoms. The van der Waals surface area contributed by atoms with E-state index in [0.717, 1.165) is 6.42 Å². The largest absolute Gasteiger partial charge is 0.458 e. The Morgan fingerprint density at radius 1 is 1.50 bits per heavy atom. The average molecular weight is 229 g/mol. The molecule has 0 radical (unpaired) electrons. The van der Waals surface area contributed by atoms with Crippen molar-refractivity contribution < 1.29 is 14.6 Å². The van der Waals surface area contributed by atoms with Crippen LogP contribution < -0.4 is 5.32 Å². The van der Waals surface area contributed by atoms with Crippen LogP contribution in [0.1, 0.15) is 34.1 Å². The predicted molar refractivity (Wildman–Crippen MR) is 62.0 cm³/mol. The van der Waals surface area contributed by atoms with Gasteiger partial charge in [0.2, 0.25) is 0 Å². The predicted octanol–water partition coefficient (Wildman–Crippen LogP) is 0.933. The second-order valence-electron chi connectivity index (χ2n) is 5.67. The first-order valence-electron chi connectivity index (χ1n) is 5.84. The maximum atomic E-state index is 11.7. The smallest absolute Gasteiger partial charge is 0.337 e. The molecule has 0 bridgehead atoms. The van der Waals surface area contributed by atoms with Crippen molar-refractivity contribution in [3.63, 3.8) is 0 Å². The number of carbonyl (C=O) groups is 1. The number of rotatable bonds is 4. The van der Waals surface area contributed by atoms with Gasteiger partial charge >= 0.3 is 5.97 Å². The van der Waals surface area contributed by atoms with Crippen molar-refractivity contribution in [2.24, 2.45) is 11.8 Å². The zero-order chi connectivity index (χ0) is 12.5. The molecule has 2 N–H and O–H groups in total. The van der Waals surface area contributed by atoms with Crippen LogP contribution in [-0.4, -0.2) is 35.9 Å². The number of esters is 1. The van der Waals surface area contributed by atoms with Crippen molar-refractivity contribution in [2.45, 2.75) is 51.9 Å². The highest BCUT2D eigenvalue weighted by Crippen LogP contribution is 2.41. The first-order chi connectivity index (χ1) is 7.26. The fourth-order valence-corrected chi connectivity index (χ4v) is 1.97. The molecule has 0 saturated heterocycles. The number of aliphatic hydroxyl groups is 1. The van der Waals surface area contributed by atoms with Crippen LogP contribution in [0.15, 0.2) is 0 Å². The molecular weight excluding hydrogens is 206 g/mol. The molecule has 1 aliphatic rings. The molecule has 94 valence electrons. The molecule has 0 heterocycles. The Hall–Kier alpha value is -0.610. The molecule has 4 unspecified atom stereocenters. The molecule has 1 aliphatic carbocycles. The normalized spacial score (nSPS) is 28.4. The summed E-state index contributed by atoms with van der Waals surface area (Å²) >= 11 is 0. The number of carbonyl (C=O) groups excluding carboxylic acids is 1. The third-order valence-electron chi connectivity index (χ3n) is 2.95. The minimum absolute atomic E-state index is 0.190. The zero-order valence-electron chi connectivity index (χ0n) is 10.8. The quantitative estimate of drug-likeness (QED) is 0.704. The topological polar surface area (TPSA) is 58.6 Å². The van der Waals surface area contributed by atoms with E-state index in [1.807, 2.05) is 0 Å². The molecule has 1 rings (SSSR count). The molecule has 4 nitrogen and oxygen atoms in total. The number of ether oxygens (including phenoxy) is 1. The Balaban J connectivity index is 2.54. The minimum atomic E-state index is -1.07. The number of likely N-dealkylation sites (N-methyl/N-ethyl adjacent to an activating group) is 1. The average Bonchev–Trinajstić information content (AvgIpc) is 2.81. The molecule has 4 atom stereocenters. The second kappa shape index (κ2) is 4.72. The van der Waals surface area contributed by atoms with Crippen LogP contribution in [0.25, 0.3) is 0 Å². The van der Waals surface area contributed by atoms with E-state index >= 15 is 0 Å². The van der Waals surface area contributed by atoms with Gasteiger partial charge in [-0.25, -0.2) is 4.79 Å². The van der Waals surface area contributed by atoms with Crippen LogP contribution in [-0.2, 0) is 9.53 Å². The lowest BCUT2D eigenvalue weighted by Crippen LogP contribution is -2.47. The van der Waals surface area contributed by atoms with Gasteiger partial charge in [0.05, 0.1) is 0 Å². The van der Waals surface area contributed by atoms with Gasteiger partial charge in [-0.1, -0.05) is 6.92 Å². The summed E-state index contributed by atoms with van der Waals surface area (Å²) in [6.45, 7) is 7.51. The third-order valence-corrected chi connectivity index (χ3v) is 2.95. The van der Waals surface area contributed by atoms with E-state index in [0.29, 0.717) is 11.8 Å². The van der Waals surface area contributed by atoms with Gasteiger partial charge in [0, 0.05) is 6.04 Å². The van der Waals surface area contributed by atoms with Crippen LogP contribution in [0.2, 0.25) is 0 Å². The fourth-order valence-electron chi connectivity index (χ4n) is 1.97. The number of nitrogens with one attached hydrogen (secondary N) is 1. The van der Waals surface area contributed by atoms with Gasteiger partial charge < -0.3 is 15.2 Å². The summed E-state index contributed by atoms with van der Waals surface area (Å²) < 4.78 is 5.17. The summed E-state index contributed by atoms with van der Waals surface area (Å²) in [5.74, 6) is 0.424. The highest BCUT2D eigenvalue weighted by atomic mass is 16.6. The monoisotopic (exact) mass is 229 g/mol. The van der Waals surface area contributed by atoms with E-state index < -0.39 is 17.7 Å². The Morgan fingerprint density at radius 3 is 2.31 bits per heavy atom. The molecule has 1 saturated carbocycles. The van der Waals surface area contributed by atoms with Crippen molar-refractivity contribution in [2.75, 3.05) is 7.05 Å². The molecule has 1 fully saturated rings. The Labute approximate surface area is 97.4 Å². The van der Waals surface area contributed by atoms with Crippen LogP contribution >= 0.6 is 0 Å². The van der Waals surface area contributed by atoms with Crippen LogP contribution in [0, 0.1) is 11.8 Å². The molecule has 0 aromatic rings. The van der Waals surface area contributed by atoms with Gasteiger partial charge in [-0.05, 0) is 46.1 Å². The van der Waals surface area contributed by atoms with E-state index in [2.05, 4.69) is 12.2 Å². The molecule has 0 aliphatic heterocycles. The van der Waals surface area contributed by atoms with Crippen LogP contribution in [0.3, 0.4) is 0 Å². The molecular formula is C12H23NO3.